The largest absolute Gasteiger partial charge is 0.354 e. The second kappa shape index (κ2) is 7.50. The maximum atomic E-state index is 12.1. The fourth-order valence-corrected chi connectivity index (χ4v) is 3.55. The predicted molar refractivity (Wildman–Crippen MR) is 91.2 cm³/mol. The van der Waals surface area contributed by atoms with E-state index in [1.165, 1.54) is 0 Å². The van der Waals surface area contributed by atoms with E-state index in [9.17, 15) is 9.59 Å². The monoisotopic (exact) mass is 332 g/mol. The molecule has 6 nitrogen and oxygen atoms in total. The van der Waals surface area contributed by atoms with Gasteiger partial charge < -0.3 is 15.2 Å². The zero-order chi connectivity index (χ0) is 16.1. The normalized spacial score (nSPS) is 18.4. The van der Waals surface area contributed by atoms with Crippen molar-refractivity contribution in [2.45, 2.75) is 25.4 Å². The summed E-state index contributed by atoms with van der Waals surface area (Å²) in [4.78, 5) is 28.0. The first kappa shape index (κ1) is 15.9. The quantitative estimate of drug-likeness (QED) is 0.806. The summed E-state index contributed by atoms with van der Waals surface area (Å²) in [5.41, 5.74) is 2.08. The third kappa shape index (κ3) is 4.04. The van der Waals surface area contributed by atoms with Gasteiger partial charge in [0, 0.05) is 31.0 Å². The lowest BCUT2D eigenvalue weighted by Crippen LogP contribution is -2.47. The number of aryl methyl sites for hydroxylation is 1. The minimum absolute atomic E-state index is 0.0416. The van der Waals surface area contributed by atoms with Crippen LogP contribution < -0.4 is 10.6 Å². The Morgan fingerprint density at radius 1 is 1.43 bits per heavy atom. The van der Waals surface area contributed by atoms with Gasteiger partial charge in [-0.05, 0) is 18.6 Å². The molecule has 1 aliphatic heterocycles. The average Bonchev–Trinajstić information content (AvgIpc) is 2.84. The van der Waals surface area contributed by atoms with Gasteiger partial charge in [-0.25, -0.2) is 4.98 Å². The van der Waals surface area contributed by atoms with Gasteiger partial charge in [-0.3, -0.25) is 9.59 Å². The van der Waals surface area contributed by atoms with E-state index in [0.717, 1.165) is 29.8 Å². The maximum Gasteiger partial charge on any atom is 0.243 e. The SMILES string of the molecule is O=C1CCSC[C@@H](C(=O)NCCCn2cnc3ccccc32)N1. The van der Waals surface area contributed by atoms with E-state index < -0.39 is 6.04 Å². The van der Waals surface area contributed by atoms with E-state index in [1.54, 1.807) is 11.8 Å². The van der Waals surface area contributed by atoms with Gasteiger partial charge >= 0.3 is 0 Å². The summed E-state index contributed by atoms with van der Waals surface area (Å²) in [7, 11) is 0. The van der Waals surface area contributed by atoms with Crippen LogP contribution in [0.3, 0.4) is 0 Å². The van der Waals surface area contributed by atoms with Gasteiger partial charge in [0.25, 0.3) is 0 Å². The van der Waals surface area contributed by atoms with Crippen LogP contribution in [0, 0.1) is 0 Å². The molecule has 0 bridgehead atoms. The number of nitrogens with zero attached hydrogens (tertiary/aromatic N) is 2. The van der Waals surface area contributed by atoms with Crippen LogP contribution >= 0.6 is 11.8 Å². The Bertz CT molecular complexity index is 700. The highest BCUT2D eigenvalue weighted by molar-refractivity contribution is 7.99. The molecular weight excluding hydrogens is 312 g/mol. The summed E-state index contributed by atoms with van der Waals surface area (Å²) in [6, 6.07) is 7.58. The Morgan fingerprint density at radius 2 is 2.30 bits per heavy atom. The van der Waals surface area contributed by atoms with E-state index in [0.29, 0.717) is 18.7 Å². The fraction of sp³-hybridized carbons (Fsp3) is 0.438. The number of hydrogen-bond donors (Lipinski definition) is 2. The zero-order valence-electron chi connectivity index (χ0n) is 12.8. The van der Waals surface area contributed by atoms with Crippen molar-refractivity contribution in [1.29, 1.82) is 0 Å². The van der Waals surface area contributed by atoms with Gasteiger partial charge in [-0.2, -0.15) is 11.8 Å². The Hall–Kier alpha value is -2.02. The highest BCUT2D eigenvalue weighted by Crippen LogP contribution is 2.12. The summed E-state index contributed by atoms with van der Waals surface area (Å²) in [5, 5.41) is 5.68. The molecule has 1 fully saturated rings. The minimum Gasteiger partial charge on any atom is -0.354 e. The van der Waals surface area contributed by atoms with Gasteiger partial charge in [-0.15, -0.1) is 0 Å². The summed E-state index contributed by atoms with van der Waals surface area (Å²) in [6.45, 7) is 1.38. The standard InChI is InChI=1S/C16H20N4O2S/c21-15-6-9-23-10-13(19-15)16(22)17-7-3-8-20-11-18-12-4-1-2-5-14(12)20/h1-2,4-5,11,13H,3,6-10H2,(H,17,22)(H,19,21)/t13-/m0/s1. The summed E-state index contributed by atoms with van der Waals surface area (Å²) >= 11 is 1.64. The van der Waals surface area contributed by atoms with E-state index in [4.69, 9.17) is 0 Å². The molecule has 2 amide bonds. The van der Waals surface area contributed by atoms with Crippen molar-refractivity contribution >= 4 is 34.6 Å². The van der Waals surface area contributed by atoms with Crippen molar-refractivity contribution in [2.24, 2.45) is 0 Å². The van der Waals surface area contributed by atoms with E-state index >= 15 is 0 Å². The molecule has 122 valence electrons. The number of nitrogens with one attached hydrogen (secondary N) is 2. The first-order valence-electron chi connectivity index (χ1n) is 7.79. The number of fused-ring (bicyclic) bond motifs is 1. The van der Waals surface area contributed by atoms with E-state index in [1.807, 2.05) is 30.6 Å². The highest BCUT2D eigenvalue weighted by atomic mass is 32.2. The average molecular weight is 332 g/mol. The van der Waals surface area contributed by atoms with E-state index in [2.05, 4.69) is 20.2 Å². The fourth-order valence-electron chi connectivity index (χ4n) is 2.59. The molecule has 0 radical (unpaired) electrons. The van der Waals surface area contributed by atoms with Gasteiger partial charge in [0.2, 0.25) is 11.8 Å². The van der Waals surface area contributed by atoms with Crippen molar-refractivity contribution in [3.05, 3.63) is 30.6 Å². The molecule has 2 aromatic rings. The molecule has 7 heteroatoms. The Kier molecular flexibility index (Phi) is 5.17. The molecule has 1 saturated heterocycles. The predicted octanol–water partition coefficient (Wildman–Crippen LogP) is 1.16. The Balaban J connectivity index is 1.46. The number of carbonyl (C=O) groups excluding carboxylic acids is 2. The molecular formula is C16H20N4O2S. The topological polar surface area (TPSA) is 76.0 Å². The van der Waals surface area contributed by atoms with Crippen molar-refractivity contribution in [3.8, 4) is 0 Å². The number of carbonyl (C=O) groups is 2. The highest BCUT2D eigenvalue weighted by Gasteiger charge is 2.22. The van der Waals surface area contributed by atoms with Crippen LogP contribution in [0.5, 0.6) is 0 Å². The number of rotatable bonds is 5. The molecule has 0 spiro atoms. The lowest BCUT2D eigenvalue weighted by molar-refractivity contribution is -0.128. The molecule has 0 aliphatic carbocycles. The van der Waals surface area contributed by atoms with Crippen LogP contribution in [-0.2, 0) is 16.1 Å². The van der Waals surface area contributed by atoms with Crippen molar-refractivity contribution < 1.29 is 9.59 Å². The van der Waals surface area contributed by atoms with Crippen LogP contribution in [0.1, 0.15) is 12.8 Å². The Morgan fingerprint density at radius 3 is 3.22 bits per heavy atom. The number of para-hydroxylation sites is 2. The third-order valence-corrected chi connectivity index (χ3v) is 4.87. The molecule has 23 heavy (non-hydrogen) atoms. The van der Waals surface area contributed by atoms with Crippen LogP contribution in [-0.4, -0.2) is 45.5 Å². The van der Waals surface area contributed by atoms with Crippen LogP contribution in [0.2, 0.25) is 0 Å². The molecule has 3 rings (SSSR count). The number of aromatic nitrogens is 2. The molecule has 0 saturated carbocycles. The Labute approximate surface area is 139 Å². The number of imidazole rings is 1. The number of thioether (sulfide) groups is 1. The first-order valence-corrected chi connectivity index (χ1v) is 8.94. The number of benzene rings is 1. The van der Waals surface area contributed by atoms with Gasteiger partial charge in [-0.1, -0.05) is 12.1 Å². The molecule has 2 heterocycles. The van der Waals surface area contributed by atoms with Gasteiger partial charge in [0.1, 0.15) is 6.04 Å². The van der Waals surface area contributed by atoms with Crippen LogP contribution in [0.4, 0.5) is 0 Å². The second-order valence-corrected chi connectivity index (χ2v) is 6.67. The molecule has 1 aromatic heterocycles. The lowest BCUT2D eigenvalue weighted by Gasteiger charge is -2.15. The number of hydrogen-bond acceptors (Lipinski definition) is 4. The van der Waals surface area contributed by atoms with Crippen molar-refractivity contribution in [2.75, 3.05) is 18.1 Å². The van der Waals surface area contributed by atoms with Crippen molar-refractivity contribution in [1.82, 2.24) is 20.2 Å². The molecule has 1 atom stereocenters. The molecule has 0 unspecified atom stereocenters. The van der Waals surface area contributed by atoms with Crippen LogP contribution in [0.15, 0.2) is 30.6 Å². The van der Waals surface area contributed by atoms with Crippen LogP contribution in [0.25, 0.3) is 11.0 Å². The maximum absolute atomic E-state index is 12.1. The van der Waals surface area contributed by atoms with Gasteiger partial charge in [0.05, 0.1) is 17.4 Å². The summed E-state index contributed by atoms with van der Waals surface area (Å²) in [6.07, 6.45) is 3.14. The molecule has 1 aliphatic rings. The first-order chi connectivity index (χ1) is 11.2. The molecule has 1 aromatic carbocycles. The van der Waals surface area contributed by atoms with Gasteiger partial charge in [0.15, 0.2) is 0 Å². The smallest absolute Gasteiger partial charge is 0.243 e. The second-order valence-electron chi connectivity index (χ2n) is 5.52. The van der Waals surface area contributed by atoms with Crippen molar-refractivity contribution in [3.63, 3.8) is 0 Å². The third-order valence-electron chi connectivity index (χ3n) is 3.81. The summed E-state index contributed by atoms with van der Waals surface area (Å²) in [5.74, 6) is 1.29. The zero-order valence-corrected chi connectivity index (χ0v) is 13.6. The van der Waals surface area contributed by atoms with E-state index in [-0.39, 0.29) is 11.8 Å². The number of amides is 2. The molecule has 2 N–H and O–H groups in total. The summed E-state index contributed by atoms with van der Waals surface area (Å²) < 4.78 is 2.09. The lowest BCUT2D eigenvalue weighted by atomic mass is 10.3. The minimum atomic E-state index is -0.413.